The van der Waals surface area contributed by atoms with Gasteiger partial charge in [0, 0.05) is 44.0 Å². The molecule has 16 heavy (non-hydrogen) atoms. The molecule has 0 spiro atoms. The van der Waals surface area contributed by atoms with E-state index in [1.165, 1.54) is 18.5 Å². The van der Waals surface area contributed by atoms with E-state index >= 15 is 0 Å². The Balaban J connectivity index is 0.00000128. The zero-order valence-corrected chi connectivity index (χ0v) is 10.8. The van der Waals surface area contributed by atoms with Gasteiger partial charge in [-0.05, 0) is 20.4 Å². The smallest absolute Gasteiger partial charge is 0.0534 e. The van der Waals surface area contributed by atoms with E-state index < -0.39 is 0 Å². The summed E-state index contributed by atoms with van der Waals surface area (Å²) in [5.74, 6) is 0. The van der Waals surface area contributed by atoms with Gasteiger partial charge >= 0.3 is 0 Å². The summed E-state index contributed by atoms with van der Waals surface area (Å²) in [6, 6.07) is 0.672. The summed E-state index contributed by atoms with van der Waals surface area (Å²) in [7, 11) is 2.04. The molecule has 1 aliphatic rings. The lowest BCUT2D eigenvalue weighted by molar-refractivity contribution is 0.322. The fraction of sp³-hybridized carbons (Fsp3) is 0.727. The molecule has 1 aromatic heterocycles. The lowest BCUT2D eigenvalue weighted by Gasteiger charge is -2.14. The third kappa shape index (κ3) is 3.20. The fourth-order valence-electron chi connectivity index (χ4n) is 2.13. The van der Waals surface area contributed by atoms with Crippen molar-refractivity contribution in [3.63, 3.8) is 0 Å². The number of likely N-dealkylation sites (tertiary alicyclic amines) is 1. The Morgan fingerprint density at radius 1 is 1.56 bits per heavy atom. The van der Waals surface area contributed by atoms with Crippen LogP contribution in [-0.4, -0.2) is 40.9 Å². The van der Waals surface area contributed by atoms with E-state index in [1.54, 1.807) is 0 Å². The summed E-state index contributed by atoms with van der Waals surface area (Å²) in [5, 5.41) is 7.62. The SMILES string of the molecule is CCn1cc(CN2CCC(NC)C2)cn1.Cl. The first kappa shape index (κ1) is 13.5. The van der Waals surface area contributed by atoms with Gasteiger partial charge in [-0.3, -0.25) is 9.58 Å². The van der Waals surface area contributed by atoms with Crippen LogP contribution in [0.25, 0.3) is 0 Å². The summed E-state index contributed by atoms with van der Waals surface area (Å²) in [6.45, 7) is 6.47. The van der Waals surface area contributed by atoms with Crippen LogP contribution in [0, 0.1) is 0 Å². The van der Waals surface area contributed by atoms with Crippen LogP contribution in [0.5, 0.6) is 0 Å². The maximum atomic E-state index is 4.29. The molecular formula is C11H21ClN4. The number of hydrogen-bond donors (Lipinski definition) is 1. The van der Waals surface area contributed by atoms with E-state index in [9.17, 15) is 0 Å². The highest BCUT2D eigenvalue weighted by Gasteiger charge is 2.20. The molecule has 1 unspecified atom stereocenters. The highest BCUT2D eigenvalue weighted by Crippen LogP contribution is 2.12. The molecule has 1 atom stereocenters. The summed E-state index contributed by atoms with van der Waals surface area (Å²) < 4.78 is 1.99. The van der Waals surface area contributed by atoms with Gasteiger partial charge in [0.1, 0.15) is 0 Å². The van der Waals surface area contributed by atoms with Crippen LogP contribution in [0.2, 0.25) is 0 Å². The van der Waals surface area contributed by atoms with Gasteiger partial charge in [-0.2, -0.15) is 5.10 Å². The molecule has 1 fully saturated rings. The van der Waals surface area contributed by atoms with Crippen molar-refractivity contribution in [2.24, 2.45) is 0 Å². The standard InChI is InChI=1S/C11H20N4.ClH/c1-3-15-8-10(6-13-15)7-14-5-4-11(9-14)12-2;/h6,8,11-12H,3-5,7,9H2,1-2H3;1H. The van der Waals surface area contributed by atoms with Crippen molar-refractivity contribution in [3.8, 4) is 0 Å². The summed E-state index contributed by atoms with van der Waals surface area (Å²) >= 11 is 0. The van der Waals surface area contributed by atoms with Crippen molar-refractivity contribution in [2.75, 3.05) is 20.1 Å². The lowest BCUT2D eigenvalue weighted by Crippen LogP contribution is -2.29. The fourth-order valence-corrected chi connectivity index (χ4v) is 2.13. The second-order valence-corrected chi connectivity index (χ2v) is 4.21. The molecule has 1 N–H and O–H groups in total. The van der Waals surface area contributed by atoms with Crippen LogP contribution in [0.15, 0.2) is 12.4 Å². The quantitative estimate of drug-likeness (QED) is 0.862. The molecule has 0 saturated carbocycles. The van der Waals surface area contributed by atoms with E-state index in [4.69, 9.17) is 0 Å². The van der Waals surface area contributed by atoms with Gasteiger partial charge in [0.2, 0.25) is 0 Å². The number of aryl methyl sites for hydroxylation is 1. The Bertz CT molecular complexity index is 313. The molecule has 0 radical (unpaired) electrons. The molecule has 0 aliphatic carbocycles. The number of nitrogens with zero attached hydrogens (tertiary/aromatic N) is 3. The van der Waals surface area contributed by atoms with E-state index in [0.717, 1.165) is 19.6 Å². The molecule has 92 valence electrons. The summed E-state index contributed by atoms with van der Waals surface area (Å²) in [5.41, 5.74) is 1.33. The Hall–Kier alpha value is -0.580. The van der Waals surface area contributed by atoms with Crippen molar-refractivity contribution >= 4 is 12.4 Å². The van der Waals surface area contributed by atoms with Crippen LogP contribution >= 0.6 is 12.4 Å². The molecule has 2 rings (SSSR count). The monoisotopic (exact) mass is 244 g/mol. The Kier molecular flexibility index (Phi) is 5.25. The zero-order valence-electron chi connectivity index (χ0n) is 10.0. The van der Waals surface area contributed by atoms with Crippen LogP contribution in [0.3, 0.4) is 0 Å². The molecule has 1 saturated heterocycles. The largest absolute Gasteiger partial charge is 0.316 e. The molecule has 1 aliphatic heterocycles. The number of hydrogen-bond acceptors (Lipinski definition) is 3. The van der Waals surface area contributed by atoms with Crippen molar-refractivity contribution in [1.29, 1.82) is 0 Å². The predicted octanol–water partition coefficient (Wildman–Crippen LogP) is 1.12. The minimum Gasteiger partial charge on any atom is -0.316 e. The van der Waals surface area contributed by atoms with Crippen LogP contribution in [0.4, 0.5) is 0 Å². The van der Waals surface area contributed by atoms with Crippen molar-refractivity contribution < 1.29 is 0 Å². The molecular weight excluding hydrogens is 224 g/mol. The van der Waals surface area contributed by atoms with E-state index in [-0.39, 0.29) is 12.4 Å². The normalized spacial score (nSPS) is 21.0. The maximum Gasteiger partial charge on any atom is 0.0534 e. The molecule has 5 heteroatoms. The molecule has 0 aromatic carbocycles. The van der Waals surface area contributed by atoms with Gasteiger partial charge in [0.25, 0.3) is 0 Å². The number of rotatable bonds is 4. The first-order chi connectivity index (χ1) is 7.31. The first-order valence-electron chi connectivity index (χ1n) is 5.72. The van der Waals surface area contributed by atoms with Gasteiger partial charge < -0.3 is 5.32 Å². The minimum absolute atomic E-state index is 0. The minimum atomic E-state index is 0. The van der Waals surface area contributed by atoms with Crippen LogP contribution in [-0.2, 0) is 13.1 Å². The van der Waals surface area contributed by atoms with Gasteiger partial charge in [0.05, 0.1) is 6.20 Å². The third-order valence-electron chi connectivity index (χ3n) is 3.10. The zero-order chi connectivity index (χ0) is 10.7. The van der Waals surface area contributed by atoms with E-state index in [0.29, 0.717) is 6.04 Å². The highest BCUT2D eigenvalue weighted by molar-refractivity contribution is 5.85. The van der Waals surface area contributed by atoms with Crippen LogP contribution < -0.4 is 5.32 Å². The molecule has 4 nitrogen and oxygen atoms in total. The van der Waals surface area contributed by atoms with Crippen molar-refractivity contribution in [2.45, 2.75) is 32.5 Å². The Morgan fingerprint density at radius 2 is 2.38 bits per heavy atom. The van der Waals surface area contributed by atoms with Crippen molar-refractivity contribution in [3.05, 3.63) is 18.0 Å². The molecule has 1 aromatic rings. The number of aromatic nitrogens is 2. The van der Waals surface area contributed by atoms with Gasteiger partial charge in [0.15, 0.2) is 0 Å². The first-order valence-corrected chi connectivity index (χ1v) is 5.72. The van der Waals surface area contributed by atoms with Gasteiger partial charge in [-0.25, -0.2) is 0 Å². The average molecular weight is 245 g/mol. The highest BCUT2D eigenvalue weighted by atomic mass is 35.5. The number of nitrogens with one attached hydrogen (secondary N) is 1. The predicted molar refractivity (Wildman–Crippen MR) is 67.9 cm³/mol. The van der Waals surface area contributed by atoms with E-state index in [2.05, 4.69) is 28.4 Å². The summed E-state index contributed by atoms with van der Waals surface area (Å²) in [6.07, 6.45) is 5.39. The lowest BCUT2D eigenvalue weighted by atomic mass is 10.3. The number of likely N-dealkylation sites (N-methyl/N-ethyl adjacent to an activating group) is 1. The second-order valence-electron chi connectivity index (χ2n) is 4.21. The van der Waals surface area contributed by atoms with E-state index in [1.807, 2.05) is 17.9 Å². The van der Waals surface area contributed by atoms with Crippen LogP contribution in [0.1, 0.15) is 18.9 Å². The molecule has 0 amide bonds. The average Bonchev–Trinajstić information content (AvgIpc) is 2.87. The Morgan fingerprint density at radius 3 is 2.94 bits per heavy atom. The molecule has 0 bridgehead atoms. The topological polar surface area (TPSA) is 33.1 Å². The summed E-state index contributed by atoms with van der Waals surface area (Å²) in [4.78, 5) is 2.48. The van der Waals surface area contributed by atoms with Gasteiger partial charge in [-0.1, -0.05) is 0 Å². The van der Waals surface area contributed by atoms with Crippen molar-refractivity contribution in [1.82, 2.24) is 20.0 Å². The van der Waals surface area contributed by atoms with Gasteiger partial charge in [-0.15, -0.1) is 12.4 Å². The third-order valence-corrected chi connectivity index (χ3v) is 3.10. The number of halogens is 1. The molecule has 2 heterocycles. The maximum absolute atomic E-state index is 4.29. The second kappa shape index (κ2) is 6.23. The Labute approximate surface area is 103 Å².